The average molecular weight is 270 g/mol. The van der Waals surface area contributed by atoms with Crippen molar-refractivity contribution in [2.45, 2.75) is 12.5 Å². The predicted molar refractivity (Wildman–Crippen MR) is 79.8 cm³/mol. The molecule has 1 atom stereocenters. The van der Waals surface area contributed by atoms with Crippen molar-refractivity contribution in [3.63, 3.8) is 0 Å². The number of carbonyl (C=O) groups is 1. The van der Waals surface area contributed by atoms with E-state index in [1.807, 2.05) is 30.3 Å². The molecule has 3 rings (SSSR count). The van der Waals surface area contributed by atoms with Crippen molar-refractivity contribution in [1.29, 1.82) is 0 Å². The number of likely N-dealkylation sites (tertiary alicyclic amines) is 1. The number of carbonyl (C=O) groups excluding carboxylic acids is 1. The molecule has 1 aliphatic heterocycles. The zero-order chi connectivity index (χ0) is 13.9. The van der Waals surface area contributed by atoms with Crippen molar-refractivity contribution in [3.8, 4) is 0 Å². The van der Waals surface area contributed by atoms with Crippen molar-refractivity contribution in [2.24, 2.45) is 0 Å². The average Bonchev–Trinajstić information content (AvgIpc) is 2.84. The van der Waals surface area contributed by atoms with Crippen LogP contribution in [-0.2, 0) is 0 Å². The number of hydrogen-bond donors (Lipinski definition) is 2. The lowest BCUT2D eigenvalue weighted by Gasteiger charge is -2.14. The molecular weight excluding hydrogens is 252 g/mol. The number of nitrogens with one attached hydrogen (secondary N) is 2. The SMILES string of the molecule is CN1CC[C@@H](NC(=O)Nc2cccc3cccnc23)C1. The molecule has 0 saturated carbocycles. The van der Waals surface area contributed by atoms with Gasteiger partial charge in [0.05, 0.1) is 11.2 Å². The van der Waals surface area contributed by atoms with Crippen LogP contribution in [0, 0.1) is 0 Å². The highest BCUT2D eigenvalue weighted by Gasteiger charge is 2.21. The molecule has 20 heavy (non-hydrogen) atoms. The van der Waals surface area contributed by atoms with Crippen molar-refractivity contribution < 1.29 is 4.79 Å². The highest BCUT2D eigenvalue weighted by molar-refractivity contribution is 5.99. The number of amides is 2. The standard InChI is InChI=1S/C15H18N4O/c1-19-9-7-12(10-19)17-15(20)18-13-6-2-4-11-5-3-8-16-14(11)13/h2-6,8,12H,7,9-10H2,1H3,(H2,17,18,20)/t12-/m1/s1. The molecule has 1 aliphatic rings. The summed E-state index contributed by atoms with van der Waals surface area (Å²) in [5.74, 6) is 0. The van der Waals surface area contributed by atoms with Crippen molar-refractivity contribution >= 4 is 22.6 Å². The van der Waals surface area contributed by atoms with Crippen molar-refractivity contribution in [2.75, 3.05) is 25.5 Å². The fourth-order valence-electron chi connectivity index (χ4n) is 2.60. The number of pyridine rings is 1. The Morgan fingerprint density at radius 2 is 2.20 bits per heavy atom. The monoisotopic (exact) mass is 270 g/mol. The molecule has 2 heterocycles. The lowest BCUT2D eigenvalue weighted by Crippen LogP contribution is -2.39. The molecule has 2 N–H and O–H groups in total. The van der Waals surface area contributed by atoms with Gasteiger partial charge in [-0.1, -0.05) is 18.2 Å². The molecule has 0 unspecified atom stereocenters. The lowest BCUT2D eigenvalue weighted by molar-refractivity contribution is 0.248. The minimum atomic E-state index is -0.163. The number of aromatic nitrogens is 1. The largest absolute Gasteiger partial charge is 0.334 e. The lowest BCUT2D eigenvalue weighted by atomic mass is 10.2. The summed E-state index contributed by atoms with van der Waals surface area (Å²) < 4.78 is 0. The van der Waals surface area contributed by atoms with Crippen LogP contribution < -0.4 is 10.6 Å². The summed E-state index contributed by atoms with van der Waals surface area (Å²) in [7, 11) is 2.06. The van der Waals surface area contributed by atoms with E-state index in [2.05, 4.69) is 27.6 Å². The van der Waals surface area contributed by atoms with Crippen LogP contribution in [0.3, 0.4) is 0 Å². The van der Waals surface area contributed by atoms with E-state index in [1.165, 1.54) is 0 Å². The summed E-state index contributed by atoms with van der Waals surface area (Å²) >= 11 is 0. The van der Waals surface area contributed by atoms with Gasteiger partial charge in [-0.2, -0.15) is 0 Å². The van der Waals surface area contributed by atoms with Gasteiger partial charge in [0.15, 0.2) is 0 Å². The van der Waals surface area contributed by atoms with E-state index in [9.17, 15) is 4.79 Å². The Labute approximate surface area is 118 Å². The molecule has 0 radical (unpaired) electrons. The van der Waals surface area contributed by atoms with Gasteiger partial charge >= 0.3 is 6.03 Å². The zero-order valence-corrected chi connectivity index (χ0v) is 11.5. The van der Waals surface area contributed by atoms with Gasteiger partial charge in [-0.3, -0.25) is 4.98 Å². The maximum Gasteiger partial charge on any atom is 0.319 e. The first-order valence-corrected chi connectivity index (χ1v) is 6.82. The second kappa shape index (κ2) is 5.46. The van der Waals surface area contributed by atoms with Gasteiger partial charge in [0.1, 0.15) is 0 Å². The number of anilines is 1. The summed E-state index contributed by atoms with van der Waals surface area (Å²) in [6, 6.07) is 9.71. The van der Waals surface area contributed by atoms with Gasteiger partial charge in [0.25, 0.3) is 0 Å². The summed E-state index contributed by atoms with van der Waals surface area (Å²) in [6.45, 7) is 1.93. The van der Waals surface area contributed by atoms with Gasteiger partial charge in [-0.15, -0.1) is 0 Å². The fraction of sp³-hybridized carbons (Fsp3) is 0.333. The van der Waals surface area contributed by atoms with E-state index in [1.54, 1.807) is 6.20 Å². The highest BCUT2D eigenvalue weighted by Crippen LogP contribution is 2.20. The predicted octanol–water partition coefficient (Wildman–Crippen LogP) is 2.06. The molecule has 0 spiro atoms. The van der Waals surface area contributed by atoms with Crippen LogP contribution in [0.2, 0.25) is 0 Å². The topological polar surface area (TPSA) is 57.3 Å². The maximum atomic E-state index is 12.1. The van der Waals surface area contributed by atoms with Gasteiger partial charge < -0.3 is 15.5 Å². The number of nitrogens with zero attached hydrogens (tertiary/aromatic N) is 2. The zero-order valence-electron chi connectivity index (χ0n) is 11.5. The van der Waals surface area contributed by atoms with E-state index in [-0.39, 0.29) is 12.1 Å². The molecule has 0 bridgehead atoms. The minimum absolute atomic E-state index is 0.163. The smallest absolute Gasteiger partial charge is 0.319 e. The van der Waals surface area contributed by atoms with Crippen molar-refractivity contribution in [1.82, 2.24) is 15.2 Å². The highest BCUT2D eigenvalue weighted by atomic mass is 16.2. The number of urea groups is 1. The molecule has 2 amide bonds. The molecule has 5 nitrogen and oxygen atoms in total. The van der Waals surface area contributed by atoms with E-state index < -0.39 is 0 Å². The second-order valence-corrected chi connectivity index (χ2v) is 5.23. The molecule has 1 fully saturated rings. The fourth-order valence-corrected chi connectivity index (χ4v) is 2.60. The van der Waals surface area contributed by atoms with Crippen LogP contribution in [0.1, 0.15) is 6.42 Å². The Balaban J connectivity index is 1.71. The van der Waals surface area contributed by atoms with Gasteiger partial charge in [0, 0.05) is 24.2 Å². The quantitative estimate of drug-likeness (QED) is 0.878. The molecule has 104 valence electrons. The Kier molecular flexibility index (Phi) is 3.52. The number of fused-ring (bicyclic) bond motifs is 1. The summed E-state index contributed by atoms with van der Waals surface area (Å²) in [5.41, 5.74) is 1.56. The van der Waals surface area contributed by atoms with E-state index >= 15 is 0 Å². The molecule has 1 saturated heterocycles. The van der Waals surface area contributed by atoms with Crippen LogP contribution in [0.25, 0.3) is 10.9 Å². The van der Waals surface area contributed by atoms with E-state index in [0.29, 0.717) is 0 Å². The molecule has 5 heteroatoms. The third-order valence-corrected chi connectivity index (χ3v) is 3.61. The third-order valence-electron chi connectivity index (χ3n) is 3.61. The van der Waals surface area contributed by atoms with Crippen LogP contribution in [-0.4, -0.2) is 42.1 Å². The normalized spacial score (nSPS) is 19.1. The second-order valence-electron chi connectivity index (χ2n) is 5.23. The van der Waals surface area contributed by atoms with Gasteiger partial charge in [0.2, 0.25) is 0 Å². The summed E-state index contributed by atoms with van der Waals surface area (Å²) in [5, 5.41) is 6.92. The summed E-state index contributed by atoms with van der Waals surface area (Å²) in [6.07, 6.45) is 2.73. The maximum absolute atomic E-state index is 12.1. The van der Waals surface area contributed by atoms with Gasteiger partial charge in [-0.05, 0) is 32.1 Å². The Morgan fingerprint density at radius 1 is 1.35 bits per heavy atom. The van der Waals surface area contributed by atoms with Crippen LogP contribution >= 0.6 is 0 Å². The molecule has 0 aliphatic carbocycles. The van der Waals surface area contributed by atoms with Crippen LogP contribution in [0.4, 0.5) is 10.5 Å². The van der Waals surface area contributed by atoms with Crippen LogP contribution in [0.15, 0.2) is 36.5 Å². The third kappa shape index (κ3) is 2.72. The Hall–Kier alpha value is -2.14. The van der Waals surface area contributed by atoms with Crippen molar-refractivity contribution in [3.05, 3.63) is 36.5 Å². The number of hydrogen-bond acceptors (Lipinski definition) is 3. The first kappa shape index (κ1) is 12.9. The molecular formula is C15H18N4O. The number of para-hydroxylation sites is 1. The number of likely N-dealkylation sites (N-methyl/N-ethyl adjacent to an activating group) is 1. The van der Waals surface area contributed by atoms with Crippen LogP contribution in [0.5, 0.6) is 0 Å². The Bertz CT molecular complexity index is 623. The first-order valence-electron chi connectivity index (χ1n) is 6.82. The first-order chi connectivity index (χ1) is 9.72. The minimum Gasteiger partial charge on any atom is -0.334 e. The molecule has 1 aromatic carbocycles. The van der Waals surface area contributed by atoms with E-state index in [0.717, 1.165) is 36.1 Å². The summed E-state index contributed by atoms with van der Waals surface area (Å²) in [4.78, 5) is 18.6. The Morgan fingerprint density at radius 3 is 3.00 bits per heavy atom. The molecule has 2 aromatic rings. The van der Waals surface area contributed by atoms with E-state index in [4.69, 9.17) is 0 Å². The van der Waals surface area contributed by atoms with Gasteiger partial charge in [-0.25, -0.2) is 4.79 Å². The molecule has 1 aromatic heterocycles. The number of rotatable bonds is 2. The number of benzene rings is 1.